The number of aromatic nitrogens is 3. The van der Waals surface area contributed by atoms with Crippen LogP contribution < -0.4 is 10.9 Å². The number of nitrogens with one attached hydrogen (secondary N) is 2. The largest absolute Gasteiger partial charge is 0.376 e. The van der Waals surface area contributed by atoms with Crippen LogP contribution in [0.2, 0.25) is 0 Å². The third kappa shape index (κ3) is 3.99. The molecular weight excluding hydrogens is 320 g/mol. The highest BCUT2D eigenvalue weighted by Crippen LogP contribution is 2.15. The van der Waals surface area contributed by atoms with Gasteiger partial charge in [0.2, 0.25) is 0 Å². The predicted octanol–water partition coefficient (Wildman–Crippen LogP) is 1.34. The first-order chi connectivity index (χ1) is 12.1. The molecule has 7 heteroatoms. The van der Waals surface area contributed by atoms with Gasteiger partial charge in [-0.3, -0.25) is 9.59 Å². The molecule has 1 atom stereocenters. The summed E-state index contributed by atoms with van der Waals surface area (Å²) in [5, 5.41) is 2.83. The standard InChI is InChI=1S/C18H24N4O3/c1-12-8-13(2)22(10-15-4-3-7-25-15)18(24)16(12)17(23)20-6-5-14-9-19-11-21-14/h8-9,11,15H,3-7,10H2,1-2H3,(H,19,21)(H,20,23). The van der Waals surface area contributed by atoms with Crippen molar-refractivity contribution in [2.24, 2.45) is 0 Å². The van der Waals surface area contributed by atoms with Crippen molar-refractivity contribution in [1.82, 2.24) is 19.9 Å². The van der Waals surface area contributed by atoms with E-state index in [-0.39, 0.29) is 23.1 Å². The Morgan fingerprint density at radius 1 is 1.48 bits per heavy atom. The number of imidazole rings is 1. The van der Waals surface area contributed by atoms with Gasteiger partial charge in [-0.15, -0.1) is 0 Å². The number of hydrogen-bond acceptors (Lipinski definition) is 4. The highest BCUT2D eigenvalue weighted by atomic mass is 16.5. The molecule has 25 heavy (non-hydrogen) atoms. The summed E-state index contributed by atoms with van der Waals surface area (Å²) in [7, 11) is 0. The third-order valence-electron chi connectivity index (χ3n) is 4.58. The Morgan fingerprint density at radius 2 is 2.32 bits per heavy atom. The summed E-state index contributed by atoms with van der Waals surface area (Å²) >= 11 is 0. The number of carbonyl (C=O) groups is 1. The Balaban J connectivity index is 1.74. The maximum atomic E-state index is 12.9. The summed E-state index contributed by atoms with van der Waals surface area (Å²) < 4.78 is 7.29. The van der Waals surface area contributed by atoms with E-state index >= 15 is 0 Å². The Kier molecular flexibility index (Phi) is 5.33. The number of aryl methyl sites for hydroxylation is 2. The van der Waals surface area contributed by atoms with E-state index in [1.54, 1.807) is 24.0 Å². The zero-order valence-corrected chi connectivity index (χ0v) is 14.7. The lowest BCUT2D eigenvalue weighted by atomic mass is 10.1. The molecule has 1 aliphatic rings. The van der Waals surface area contributed by atoms with Gasteiger partial charge in [0.15, 0.2) is 0 Å². The number of carbonyl (C=O) groups excluding carboxylic acids is 1. The lowest BCUT2D eigenvalue weighted by Crippen LogP contribution is -2.37. The molecule has 0 aliphatic carbocycles. The topological polar surface area (TPSA) is 89.0 Å². The summed E-state index contributed by atoms with van der Waals surface area (Å²) in [4.78, 5) is 32.3. The first-order valence-corrected chi connectivity index (χ1v) is 8.64. The van der Waals surface area contributed by atoms with Crippen molar-refractivity contribution < 1.29 is 9.53 Å². The highest BCUT2D eigenvalue weighted by Gasteiger charge is 2.21. The van der Waals surface area contributed by atoms with Crippen molar-refractivity contribution in [3.63, 3.8) is 0 Å². The summed E-state index contributed by atoms with van der Waals surface area (Å²) in [6.07, 6.45) is 5.98. The molecule has 7 nitrogen and oxygen atoms in total. The summed E-state index contributed by atoms with van der Waals surface area (Å²) in [5.41, 5.74) is 2.47. The van der Waals surface area contributed by atoms with Crippen LogP contribution in [0, 0.1) is 13.8 Å². The van der Waals surface area contributed by atoms with Crippen LogP contribution in [0.4, 0.5) is 0 Å². The molecule has 0 radical (unpaired) electrons. The van der Waals surface area contributed by atoms with Crippen molar-refractivity contribution in [3.8, 4) is 0 Å². The average molecular weight is 344 g/mol. The van der Waals surface area contributed by atoms with Crippen LogP contribution in [-0.2, 0) is 17.7 Å². The molecule has 1 aliphatic heterocycles. The predicted molar refractivity (Wildman–Crippen MR) is 93.8 cm³/mol. The second-order valence-corrected chi connectivity index (χ2v) is 6.48. The second-order valence-electron chi connectivity index (χ2n) is 6.48. The fourth-order valence-corrected chi connectivity index (χ4v) is 3.24. The van der Waals surface area contributed by atoms with Gasteiger partial charge in [-0.2, -0.15) is 0 Å². The van der Waals surface area contributed by atoms with Gasteiger partial charge in [-0.25, -0.2) is 4.98 Å². The minimum atomic E-state index is -0.330. The lowest BCUT2D eigenvalue weighted by molar-refractivity contribution is 0.0927. The van der Waals surface area contributed by atoms with E-state index < -0.39 is 0 Å². The van der Waals surface area contributed by atoms with Crippen molar-refractivity contribution in [3.05, 3.63) is 51.5 Å². The van der Waals surface area contributed by atoms with Crippen LogP contribution in [0.15, 0.2) is 23.4 Å². The lowest BCUT2D eigenvalue weighted by Gasteiger charge is -2.17. The number of rotatable bonds is 6. The van der Waals surface area contributed by atoms with Gasteiger partial charge in [0.05, 0.1) is 19.0 Å². The molecule has 0 saturated carbocycles. The van der Waals surface area contributed by atoms with Crippen molar-refractivity contribution in [2.45, 2.75) is 45.8 Å². The fraction of sp³-hybridized carbons (Fsp3) is 0.500. The number of pyridine rings is 1. The Hall–Kier alpha value is -2.41. The van der Waals surface area contributed by atoms with Crippen LogP contribution in [0.25, 0.3) is 0 Å². The van der Waals surface area contributed by atoms with Gasteiger partial charge in [0, 0.05) is 37.2 Å². The molecule has 1 saturated heterocycles. The summed E-state index contributed by atoms with van der Waals surface area (Å²) in [5.74, 6) is -0.330. The van der Waals surface area contributed by atoms with E-state index in [4.69, 9.17) is 4.74 Å². The minimum absolute atomic E-state index is 0.0513. The average Bonchev–Trinajstić information content (AvgIpc) is 3.25. The first kappa shape index (κ1) is 17.4. The van der Waals surface area contributed by atoms with Crippen LogP contribution in [0.3, 0.4) is 0 Å². The van der Waals surface area contributed by atoms with E-state index in [1.807, 2.05) is 13.0 Å². The molecule has 0 spiro atoms. The van der Waals surface area contributed by atoms with Crippen molar-refractivity contribution in [2.75, 3.05) is 13.2 Å². The van der Waals surface area contributed by atoms with E-state index in [0.717, 1.165) is 30.8 Å². The highest BCUT2D eigenvalue weighted by molar-refractivity contribution is 5.95. The zero-order chi connectivity index (χ0) is 17.8. The molecular formula is C18H24N4O3. The van der Waals surface area contributed by atoms with E-state index in [2.05, 4.69) is 15.3 Å². The number of ether oxygens (including phenoxy) is 1. The number of H-pyrrole nitrogens is 1. The quantitative estimate of drug-likeness (QED) is 0.828. The molecule has 3 heterocycles. The molecule has 0 bridgehead atoms. The van der Waals surface area contributed by atoms with Crippen LogP contribution >= 0.6 is 0 Å². The van der Waals surface area contributed by atoms with Gasteiger partial charge < -0.3 is 19.6 Å². The van der Waals surface area contributed by atoms with Crippen LogP contribution in [0.5, 0.6) is 0 Å². The maximum Gasteiger partial charge on any atom is 0.263 e. The fourth-order valence-electron chi connectivity index (χ4n) is 3.24. The molecule has 2 aromatic rings. The van der Waals surface area contributed by atoms with Crippen LogP contribution in [-0.4, -0.2) is 39.7 Å². The van der Waals surface area contributed by atoms with Gasteiger partial charge >= 0.3 is 0 Å². The summed E-state index contributed by atoms with van der Waals surface area (Å²) in [6.45, 7) is 5.38. The molecule has 0 aromatic carbocycles. The number of hydrogen-bond donors (Lipinski definition) is 2. The number of nitrogens with zero attached hydrogens (tertiary/aromatic N) is 2. The smallest absolute Gasteiger partial charge is 0.263 e. The summed E-state index contributed by atoms with van der Waals surface area (Å²) in [6, 6.07) is 1.89. The SMILES string of the molecule is Cc1cc(C)n(CC2CCCO2)c(=O)c1C(=O)NCCc1cnc[nH]1. The minimum Gasteiger partial charge on any atom is -0.376 e. The van der Waals surface area contributed by atoms with E-state index in [1.165, 1.54) is 0 Å². The van der Waals surface area contributed by atoms with Crippen molar-refractivity contribution in [1.29, 1.82) is 0 Å². The van der Waals surface area contributed by atoms with Gasteiger partial charge in [0.1, 0.15) is 5.56 Å². The maximum absolute atomic E-state index is 12.9. The normalized spacial score (nSPS) is 17.0. The zero-order valence-electron chi connectivity index (χ0n) is 14.7. The van der Waals surface area contributed by atoms with Gasteiger partial charge in [-0.05, 0) is 38.3 Å². The second kappa shape index (κ2) is 7.65. The molecule has 3 rings (SSSR count). The van der Waals surface area contributed by atoms with Crippen molar-refractivity contribution >= 4 is 5.91 Å². The monoisotopic (exact) mass is 344 g/mol. The molecule has 134 valence electrons. The van der Waals surface area contributed by atoms with Crippen LogP contribution in [0.1, 0.15) is 40.2 Å². The Labute approximate surface area is 146 Å². The molecule has 1 fully saturated rings. The van der Waals surface area contributed by atoms with Gasteiger partial charge in [0.25, 0.3) is 11.5 Å². The van der Waals surface area contributed by atoms with E-state index in [9.17, 15) is 9.59 Å². The molecule has 1 unspecified atom stereocenters. The number of aromatic amines is 1. The first-order valence-electron chi connectivity index (χ1n) is 8.64. The van der Waals surface area contributed by atoms with Gasteiger partial charge in [-0.1, -0.05) is 0 Å². The molecule has 2 N–H and O–H groups in total. The van der Waals surface area contributed by atoms with E-state index in [0.29, 0.717) is 25.1 Å². The molecule has 1 amide bonds. The number of amides is 1. The Bertz CT molecular complexity index is 789. The molecule has 2 aromatic heterocycles. The third-order valence-corrected chi connectivity index (χ3v) is 4.58. The Morgan fingerprint density at radius 3 is 3.00 bits per heavy atom.